The van der Waals surface area contributed by atoms with E-state index in [4.69, 9.17) is 20.2 Å². The van der Waals surface area contributed by atoms with Crippen LogP contribution in [0.15, 0.2) is 34.6 Å². The summed E-state index contributed by atoms with van der Waals surface area (Å²) in [4.78, 5) is 28.0. The number of benzene rings is 1. The van der Waals surface area contributed by atoms with Crippen LogP contribution in [-0.2, 0) is 6.54 Å². The molecule has 1 atom stereocenters. The number of carboxylic acid groups (broad SMARTS) is 1. The number of rotatable bonds is 9. The summed E-state index contributed by atoms with van der Waals surface area (Å²) in [7, 11) is 3.23. The van der Waals surface area contributed by atoms with Crippen molar-refractivity contribution in [3.8, 4) is 11.5 Å². The van der Waals surface area contributed by atoms with Crippen LogP contribution in [0.4, 0.5) is 10.6 Å². The van der Waals surface area contributed by atoms with Gasteiger partial charge in [-0.05, 0) is 75.9 Å². The van der Waals surface area contributed by atoms with Gasteiger partial charge in [-0.25, -0.2) is 19.7 Å². The Hall–Kier alpha value is -3.21. The lowest BCUT2D eigenvalue weighted by molar-refractivity contribution is 0.0577. The molecule has 35 heavy (non-hydrogen) atoms. The van der Waals surface area contributed by atoms with Crippen LogP contribution in [0.5, 0.6) is 11.5 Å². The van der Waals surface area contributed by atoms with Gasteiger partial charge >= 0.3 is 6.09 Å². The normalized spacial score (nSPS) is 14.7. The number of fused-ring (bicyclic) bond motifs is 1. The van der Waals surface area contributed by atoms with Crippen molar-refractivity contribution in [3.05, 3.63) is 24.5 Å². The Morgan fingerprint density at radius 2 is 2.03 bits per heavy atom. The number of nitrogens with zero attached hydrogens (tertiary/aromatic N) is 5. The zero-order valence-corrected chi connectivity index (χ0v) is 21.5. The third-order valence-corrected chi connectivity index (χ3v) is 7.21. The standard InChI is InChI=1S/C24H32N6O4S/c1-24(2,3)30(23(31)32)16(14-6-7-14)10-11-29-21-19(20(25)26-13-27-21)28-22(29)35-18-12-15(33-4)8-9-17(18)34-5/h8-9,12-14,16H,6-7,10-11H2,1-5H3,(H,31,32)(H2,25,26,27). The van der Waals surface area contributed by atoms with E-state index in [1.165, 1.54) is 18.1 Å². The van der Waals surface area contributed by atoms with Gasteiger partial charge in [-0.3, -0.25) is 0 Å². The molecule has 3 aromatic rings. The van der Waals surface area contributed by atoms with Crippen molar-refractivity contribution in [3.63, 3.8) is 0 Å². The lowest BCUT2D eigenvalue weighted by Crippen LogP contribution is -2.52. The first kappa shape index (κ1) is 24.9. The highest BCUT2D eigenvalue weighted by Gasteiger charge is 2.42. The average Bonchev–Trinajstić information content (AvgIpc) is 3.58. The maximum absolute atomic E-state index is 12.2. The smallest absolute Gasteiger partial charge is 0.407 e. The minimum atomic E-state index is -0.896. The second-order valence-corrected chi connectivity index (χ2v) is 10.6. The van der Waals surface area contributed by atoms with Crippen molar-refractivity contribution in [2.24, 2.45) is 5.92 Å². The van der Waals surface area contributed by atoms with Gasteiger partial charge in [-0.15, -0.1) is 0 Å². The number of hydrogen-bond donors (Lipinski definition) is 2. The summed E-state index contributed by atoms with van der Waals surface area (Å²) < 4.78 is 12.9. The van der Waals surface area contributed by atoms with Gasteiger partial charge < -0.3 is 29.8 Å². The predicted octanol–water partition coefficient (Wildman–Crippen LogP) is 4.52. The molecular weight excluding hydrogens is 468 g/mol. The van der Waals surface area contributed by atoms with E-state index in [-0.39, 0.29) is 6.04 Å². The zero-order valence-electron chi connectivity index (χ0n) is 20.7. The van der Waals surface area contributed by atoms with E-state index < -0.39 is 11.6 Å². The Morgan fingerprint density at radius 1 is 1.29 bits per heavy atom. The van der Waals surface area contributed by atoms with Gasteiger partial charge in [0.05, 0.1) is 19.1 Å². The van der Waals surface area contributed by atoms with Crippen molar-refractivity contribution in [1.29, 1.82) is 0 Å². The van der Waals surface area contributed by atoms with Gasteiger partial charge in [0, 0.05) is 18.1 Å². The zero-order chi connectivity index (χ0) is 25.3. The summed E-state index contributed by atoms with van der Waals surface area (Å²) in [5.74, 6) is 2.05. The first-order chi connectivity index (χ1) is 16.6. The van der Waals surface area contributed by atoms with Crippen LogP contribution in [-0.4, -0.2) is 61.4 Å². The van der Waals surface area contributed by atoms with E-state index in [1.807, 2.05) is 43.5 Å². The fourth-order valence-electron chi connectivity index (χ4n) is 4.42. The number of methoxy groups -OCH3 is 2. The molecule has 188 valence electrons. The molecule has 2 heterocycles. The van der Waals surface area contributed by atoms with Gasteiger partial charge in [0.1, 0.15) is 17.8 Å². The summed E-state index contributed by atoms with van der Waals surface area (Å²) in [6.45, 7) is 6.34. The molecule has 0 radical (unpaired) electrons. The quantitative estimate of drug-likeness (QED) is 0.435. The number of nitrogens with two attached hydrogens (primary N) is 1. The van der Waals surface area contributed by atoms with Crippen molar-refractivity contribution in [2.45, 2.75) is 68.2 Å². The van der Waals surface area contributed by atoms with Crippen molar-refractivity contribution < 1.29 is 19.4 Å². The van der Waals surface area contributed by atoms with Crippen LogP contribution in [0, 0.1) is 5.92 Å². The highest BCUT2D eigenvalue weighted by molar-refractivity contribution is 7.99. The van der Waals surface area contributed by atoms with E-state index in [1.54, 1.807) is 19.1 Å². The Balaban J connectivity index is 1.71. The van der Waals surface area contributed by atoms with Crippen LogP contribution in [0.2, 0.25) is 0 Å². The summed E-state index contributed by atoms with van der Waals surface area (Å²) in [5.41, 5.74) is 6.76. The molecular formula is C24H32N6O4S. The number of aryl methyl sites for hydroxylation is 1. The van der Waals surface area contributed by atoms with Crippen LogP contribution < -0.4 is 15.2 Å². The first-order valence-corrected chi connectivity index (χ1v) is 12.3. The molecule has 4 rings (SSSR count). The lowest BCUT2D eigenvalue weighted by atomic mass is 9.98. The van der Waals surface area contributed by atoms with Gasteiger partial charge in [0.15, 0.2) is 22.1 Å². The molecule has 1 saturated carbocycles. The molecule has 1 amide bonds. The minimum Gasteiger partial charge on any atom is -0.497 e. The van der Waals surface area contributed by atoms with E-state index in [0.717, 1.165) is 17.7 Å². The molecule has 11 heteroatoms. The van der Waals surface area contributed by atoms with Crippen molar-refractivity contribution in [1.82, 2.24) is 24.4 Å². The molecule has 1 aliphatic carbocycles. The topological polar surface area (TPSA) is 129 Å². The highest BCUT2D eigenvalue weighted by atomic mass is 32.2. The molecule has 3 N–H and O–H groups in total. The fraction of sp³-hybridized carbons (Fsp3) is 0.500. The molecule has 0 spiro atoms. The van der Waals surface area contributed by atoms with Crippen LogP contribution >= 0.6 is 11.8 Å². The third-order valence-electron chi connectivity index (χ3n) is 6.17. The summed E-state index contributed by atoms with van der Waals surface area (Å²) in [6, 6.07) is 5.47. The maximum Gasteiger partial charge on any atom is 0.407 e. The number of anilines is 1. The van der Waals surface area contributed by atoms with Gasteiger partial charge in [0.2, 0.25) is 0 Å². The Bertz CT molecular complexity index is 1220. The Labute approximate surface area is 208 Å². The van der Waals surface area contributed by atoms with E-state index in [0.29, 0.717) is 52.5 Å². The molecule has 0 bridgehead atoms. The van der Waals surface area contributed by atoms with Crippen LogP contribution in [0.1, 0.15) is 40.0 Å². The number of hydrogen-bond acceptors (Lipinski definition) is 8. The second-order valence-electron chi connectivity index (χ2n) is 9.61. The number of carbonyl (C=O) groups is 1. The number of ether oxygens (including phenoxy) is 2. The second kappa shape index (κ2) is 9.80. The predicted molar refractivity (Wildman–Crippen MR) is 134 cm³/mol. The molecule has 0 aliphatic heterocycles. The largest absolute Gasteiger partial charge is 0.497 e. The Kier molecular flexibility index (Phi) is 6.98. The molecule has 1 aliphatic rings. The van der Waals surface area contributed by atoms with E-state index in [9.17, 15) is 9.90 Å². The minimum absolute atomic E-state index is 0.103. The molecule has 0 saturated heterocycles. The van der Waals surface area contributed by atoms with E-state index in [2.05, 4.69) is 9.97 Å². The number of amides is 1. The molecule has 1 aromatic carbocycles. The molecule has 1 fully saturated rings. The molecule has 2 aromatic heterocycles. The molecule has 10 nitrogen and oxygen atoms in total. The number of aromatic nitrogens is 4. The average molecular weight is 501 g/mol. The Morgan fingerprint density at radius 3 is 2.63 bits per heavy atom. The summed E-state index contributed by atoms with van der Waals surface area (Å²) >= 11 is 1.42. The van der Waals surface area contributed by atoms with Crippen molar-refractivity contribution in [2.75, 3.05) is 20.0 Å². The van der Waals surface area contributed by atoms with Crippen LogP contribution in [0.25, 0.3) is 11.2 Å². The van der Waals surface area contributed by atoms with Gasteiger partial charge in [-0.1, -0.05) is 0 Å². The SMILES string of the molecule is COc1ccc(OC)c(Sc2nc3c(N)ncnc3n2CCC(C2CC2)N(C(=O)O)C(C)(C)C)c1. The summed E-state index contributed by atoms with van der Waals surface area (Å²) in [5, 5.41) is 10.7. The first-order valence-electron chi connectivity index (χ1n) is 11.5. The molecule has 1 unspecified atom stereocenters. The fourth-order valence-corrected chi connectivity index (χ4v) is 5.47. The highest BCUT2D eigenvalue weighted by Crippen LogP contribution is 2.41. The van der Waals surface area contributed by atoms with Gasteiger partial charge in [0.25, 0.3) is 0 Å². The monoisotopic (exact) mass is 500 g/mol. The van der Waals surface area contributed by atoms with Crippen molar-refractivity contribution >= 4 is 34.8 Å². The number of nitrogen functional groups attached to an aromatic ring is 1. The van der Waals surface area contributed by atoms with Crippen LogP contribution in [0.3, 0.4) is 0 Å². The van der Waals surface area contributed by atoms with Gasteiger partial charge in [-0.2, -0.15) is 0 Å². The third kappa shape index (κ3) is 5.24. The van der Waals surface area contributed by atoms with E-state index >= 15 is 0 Å². The number of imidazole rings is 1. The summed E-state index contributed by atoms with van der Waals surface area (Å²) in [6.07, 6.45) is 3.23. The maximum atomic E-state index is 12.2. The lowest BCUT2D eigenvalue weighted by Gasteiger charge is -2.40.